The van der Waals surface area contributed by atoms with Crippen molar-refractivity contribution in [3.63, 3.8) is 0 Å². The second-order valence-electron chi connectivity index (χ2n) is 3.82. The molecule has 2 rings (SSSR count). The number of thiocarbonyl (C=S) groups is 1. The third kappa shape index (κ3) is 2.71. The lowest BCUT2D eigenvalue weighted by Gasteiger charge is -2.24. The molecule has 1 saturated heterocycles. The summed E-state index contributed by atoms with van der Waals surface area (Å²) in [5.74, 6) is 0.755. The molecular formula is C12H15NO2S. The third-order valence-electron chi connectivity index (χ3n) is 2.56. The van der Waals surface area contributed by atoms with Crippen molar-refractivity contribution in [3.05, 3.63) is 29.8 Å². The lowest BCUT2D eigenvalue weighted by molar-refractivity contribution is 0.00737. The maximum atomic E-state index is 5.86. The molecule has 0 aliphatic carbocycles. The minimum atomic E-state index is 0.115. The Kier molecular flexibility index (Phi) is 3.74. The Morgan fingerprint density at radius 2 is 2.25 bits per heavy atom. The highest BCUT2D eigenvalue weighted by Crippen LogP contribution is 2.21. The molecule has 1 heterocycles. The van der Waals surface area contributed by atoms with E-state index in [0.717, 1.165) is 30.8 Å². The summed E-state index contributed by atoms with van der Waals surface area (Å²) < 4.78 is 11.2. The fraction of sp³-hybridized carbons (Fsp3) is 0.417. The van der Waals surface area contributed by atoms with Crippen LogP contribution in [0.25, 0.3) is 0 Å². The molecule has 1 atom stereocenters. The van der Waals surface area contributed by atoms with Gasteiger partial charge < -0.3 is 15.2 Å². The van der Waals surface area contributed by atoms with Crippen LogP contribution in [0.3, 0.4) is 0 Å². The molecule has 0 amide bonds. The molecule has 86 valence electrons. The number of para-hydroxylation sites is 1. The predicted molar refractivity (Wildman–Crippen MR) is 66.8 cm³/mol. The molecule has 2 N–H and O–H groups in total. The normalized spacial score (nSPS) is 20.4. The van der Waals surface area contributed by atoms with Crippen molar-refractivity contribution in [2.45, 2.75) is 18.9 Å². The van der Waals surface area contributed by atoms with E-state index < -0.39 is 0 Å². The Hall–Kier alpha value is -1.13. The molecule has 1 aromatic carbocycles. The topological polar surface area (TPSA) is 44.5 Å². The zero-order chi connectivity index (χ0) is 11.4. The highest BCUT2D eigenvalue weighted by molar-refractivity contribution is 7.80. The monoisotopic (exact) mass is 237 g/mol. The molecule has 1 aliphatic rings. The van der Waals surface area contributed by atoms with Gasteiger partial charge in [0.1, 0.15) is 16.8 Å². The number of rotatable bonds is 3. The fourth-order valence-electron chi connectivity index (χ4n) is 1.76. The van der Waals surface area contributed by atoms with Gasteiger partial charge >= 0.3 is 0 Å². The summed E-state index contributed by atoms with van der Waals surface area (Å²) in [7, 11) is 0. The molecule has 1 fully saturated rings. The van der Waals surface area contributed by atoms with Crippen molar-refractivity contribution in [1.82, 2.24) is 0 Å². The third-order valence-corrected chi connectivity index (χ3v) is 2.78. The molecule has 0 bridgehead atoms. The lowest BCUT2D eigenvalue weighted by Crippen LogP contribution is -2.28. The molecule has 0 saturated carbocycles. The highest BCUT2D eigenvalue weighted by Gasteiger charge is 2.17. The first-order valence-electron chi connectivity index (χ1n) is 5.40. The Morgan fingerprint density at radius 1 is 1.44 bits per heavy atom. The smallest absolute Gasteiger partial charge is 0.130 e. The van der Waals surface area contributed by atoms with Gasteiger partial charge in [0.2, 0.25) is 0 Å². The first-order valence-corrected chi connectivity index (χ1v) is 5.81. The minimum absolute atomic E-state index is 0.115. The van der Waals surface area contributed by atoms with Crippen LogP contribution in [0.4, 0.5) is 0 Å². The minimum Gasteiger partial charge on any atom is -0.487 e. The molecular weight excluding hydrogens is 222 g/mol. The van der Waals surface area contributed by atoms with Gasteiger partial charge in [0.05, 0.1) is 12.2 Å². The van der Waals surface area contributed by atoms with Crippen LogP contribution in [0, 0.1) is 0 Å². The largest absolute Gasteiger partial charge is 0.487 e. The zero-order valence-electron chi connectivity index (χ0n) is 9.02. The molecule has 1 aromatic rings. The SMILES string of the molecule is NC(=S)c1ccccc1OC1CCCOC1. The Bertz CT molecular complexity index is 375. The van der Waals surface area contributed by atoms with Crippen LogP contribution in [0.1, 0.15) is 18.4 Å². The van der Waals surface area contributed by atoms with Gasteiger partial charge in [-0.25, -0.2) is 0 Å². The van der Waals surface area contributed by atoms with Crippen molar-refractivity contribution in [2.75, 3.05) is 13.2 Å². The van der Waals surface area contributed by atoms with Crippen molar-refractivity contribution >= 4 is 17.2 Å². The van der Waals surface area contributed by atoms with Gasteiger partial charge in [-0.3, -0.25) is 0 Å². The number of nitrogens with two attached hydrogens (primary N) is 1. The first kappa shape index (κ1) is 11.4. The lowest BCUT2D eigenvalue weighted by atomic mass is 10.1. The Balaban J connectivity index is 2.10. The second kappa shape index (κ2) is 5.27. The van der Waals surface area contributed by atoms with E-state index in [1.165, 1.54) is 0 Å². The number of hydrogen-bond acceptors (Lipinski definition) is 3. The Morgan fingerprint density at radius 3 is 2.94 bits per heavy atom. The van der Waals surface area contributed by atoms with E-state index in [4.69, 9.17) is 27.4 Å². The van der Waals surface area contributed by atoms with Crippen LogP contribution in [-0.4, -0.2) is 24.3 Å². The van der Waals surface area contributed by atoms with E-state index in [0.29, 0.717) is 11.6 Å². The summed E-state index contributed by atoms with van der Waals surface area (Å²) in [6, 6.07) is 7.59. The second-order valence-corrected chi connectivity index (χ2v) is 4.26. The van der Waals surface area contributed by atoms with Crippen molar-refractivity contribution in [1.29, 1.82) is 0 Å². The molecule has 0 aromatic heterocycles. The maximum Gasteiger partial charge on any atom is 0.130 e. The maximum absolute atomic E-state index is 5.86. The van der Waals surface area contributed by atoms with Crippen molar-refractivity contribution in [2.24, 2.45) is 5.73 Å². The fourth-order valence-corrected chi connectivity index (χ4v) is 1.93. The van der Waals surface area contributed by atoms with Crippen molar-refractivity contribution < 1.29 is 9.47 Å². The van der Waals surface area contributed by atoms with Gasteiger partial charge in [0.15, 0.2) is 0 Å². The summed E-state index contributed by atoms with van der Waals surface area (Å²) in [6.45, 7) is 1.47. The van der Waals surface area contributed by atoms with Crippen LogP contribution >= 0.6 is 12.2 Å². The molecule has 0 spiro atoms. The standard InChI is InChI=1S/C12H15NO2S/c13-12(16)10-5-1-2-6-11(10)15-9-4-3-7-14-8-9/h1-2,5-6,9H,3-4,7-8H2,(H2,13,16). The van der Waals surface area contributed by atoms with E-state index in [9.17, 15) is 0 Å². The summed E-state index contributed by atoms with van der Waals surface area (Å²) >= 11 is 4.98. The van der Waals surface area contributed by atoms with E-state index in [2.05, 4.69) is 0 Å². The first-order chi connectivity index (χ1) is 7.77. The van der Waals surface area contributed by atoms with E-state index in [-0.39, 0.29) is 6.10 Å². The van der Waals surface area contributed by atoms with Crippen LogP contribution in [0.5, 0.6) is 5.75 Å². The van der Waals surface area contributed by atoms with Gasteiger partial charge in [0, 0.05) is 6.61 Å². The quantitative estimate of drug-likeness (QED) is 0.815. The van der Waals surface area contributed by atoms with Gasteiger partial charge in [-0.2, -0.15) is 0 Å². The van der Waals surface area contributed by atoms with E-state index in [1.807, 2.05) is 24.3 Å². The van der Waals surface area contributed by atoms with Crippen LogP contribution in [0.2, 0.25) is 0 Å². The highest BCUT2D eigenvalue weighted by atomic mass is 32.1. The molecule has 1 unspecified atom stereocenters. The average molecular weight is 237 g/mol. The van der Waals surface area contributed by atoms with Gasteiger partial charge in [-0.05, 0) is 25.0 Å². The van der Waals surface area contributed by atoms with Gasteiger partial charge in [-0.1, -0.05) is 24.4 Å². The Labute approximate surface area is 101 Å². The molecule has 1 aliphatic heterocycles. The molecule has 16 heavy (non-hydrogen) atoms. The summed E-state index contributed by atoms with van der Waals surface area (Å²) in [6.07, 6.45) is 2.18. The number of hydrogen-bond donors (Lipinski definition) is 1. The van der Waals surface area contributed by atoms with Crippen LogP contribution < -0.4 is 10.5 Å². The summed E-state index contributed by atoms with van der Waals surface area (Å²) in [5.41, 5.74) is 6.43. The molecule has 4 heteroatoms. The van der Waals surface area contributed by atoms with E-state index >= 15 is 0 Å². The van der Waals surface area contributed by atoms with Crippen molar-refractivity contribution in [3.8, 4) is 5.75 Å². The number of ether oxygens (including phenoxy) is 2. The summed E-state index contributed by atoms with van der Waals surface area (Å²) in [5, 5.41) is 0. The van der Waals surface area contributed by atoms with Crippen LogP contribution in [0.15, 0.2) is 24.3 Å². The molecule has 0 radical (unpaired) electrons. The predicted octanol–water partition coefficient (Wildman–Crippen LogP) is 1.88. The van der Waals surface area contributed by atoms with Crippen LogP contribution in [-0.2, 0) is 4.74 Å². The molecule has 3 nitrogen and oxygen atoms in total. The van der Waals surface area contributed by atoms with E-state index in [1.54, 1.807) is 0 Å². The van der Waals surface area contributed by atoms with Gasteiger partial charge in [0.25, 0.3) is 0 Å². The zero-order valence-corrected chi connectivity index (χ0v) is 9.83. The van der Waals surface area contributed by atoms with Gasteiger partial charge in [-0.15, -0.1) is 0 Å². The number of benzene rings is 1. The average Bonchev–Trinajstić information content (AvgIpc) is 2.31. The summed E-state index contributed by atoms with van der Waals surface area (Å²) in [4.78, 5) is 0.368.